The lowest BCUT2D eigenvalue weighted by atomic mass is 10.1. The first-order chi connectivity index (χ1) is 9.60. The van der Waals surface area contributed by atoms with Crippen LogP contribution in [0.2, 0.25) is 0 Å². The van der Waals surface area contributed by atoms with Gasteiger partial charge < -0.3 is 9.30 Å². The van der Waals surface area contributed by atoms with E-state index in [0.717, 1.165) is 0 Å². The number of rotatable bonds is 4. The summed E-state index contributed by atoms with van der Waals surface area (Å²) < 4.78 is 20.2. The minimum atomic E-state index is -0.549. The molecule has 20 heavy (non-hydrogen) atoms. The number of hydrogen-bond donors (Lipinski definition) is 0. The third-order valence-corrected chi connectivity index (χ3v) is 2.73. The van der Waals surface area contributed by atoms with Crippen molar-refractivity contribution in [3.8, 4) is 6.07 Å². The average Bonchev–Trinajstić information content (AvgIpc) is 2.84. The standard InChI is InChI=1S/C14H12FN3O2/c1-10(19)20-8-13-6-17-9-18(13)7-11-2-3-12(5-16)14(15)4-11/h2-4,6,9H,7-8H2,1H3. The Morgan fingerprint density at radius 2 is 2.35 bits per heavy atom. The van der Waals surface area contributed by atoms with E-state index < -0.39 is 5.82 Å². The van der Waals surface area contributed by atoms with Crippen molar-refractivity contribution in [2.75, 3.05) is 0 Å². The van der Waals surface area contributed by atoms with E-state index in [-0.39, 0.29) is 18.1 Å². The van der Waals surface area contributed by atoms with Crippen molar-refractivity contribution < 1.29 is 13.9 Å². The third-order valence-electron chi connectivity index (χ3n) is 2.73. The predicted octanol–water partition coefficient (Wildman–Crippen LogP) is 2.01. The van der Waals surface area contributed by atoms with Crippen LogP contribution in [0.1, 0.15) is 23.7 Å². The number of halogens is 1. The molecule has 0 saturated carbocycles. The molecule has 0 bridgehead atoms. The second kappa shape index (κ2) is 5.97. The van der Waals surface area contributed by atoms with Gasteiger partial charge in [-0.1, -0.05) is 6.07 Å². The molecule has 6 heteroatoms. The van der Waals surface area contributed by atoms with Crippen molar-refractivity contribution in [3.05, 3.63) is 53.4 Å². The number of esters is 1. The number of nitriles is 1. The molecule has 0 N–H and O–H groups in total. The molecule has 0 unspecified atom stereocenters. The monoisotopic (exact) mass is 273 g/mol. The van der Waals surface area contributed by atoms with E-state index in [1.54, 1.807) is 29.2 Å². The van der Waals surface area contributed by atoms with E-state index in [2.05, 4.69) is 4.98 Å². The second-order valence-electron chi connectivity index (χ2n) is 4.22. The molecule has 0 aliphatic rings. The van der Waals surface area contributed by atoms with Crippen molar-refractivity contribution in [3.63, 3.8) is 0 Å². The molecule has 1 aromatic carbocycles. The normalized spacial score (nSPS) is 10.1. The zero-order chi connectivity index (χ0) is 14.5. The Labute approximate surface area is 115 Å². The highest BCUT2D eigenvalue weighted by molar-refractivity contribution is 5.65. The maximum absolute atomic E-state index is 13.5. The molecule has 0 saturated heterocycles. The first kappa shape index (κ1) is 13.7. The molecule has 2 aromatic rings. The number of aromatic nitrogens is 2. The fourth-order valence-electron chi connectivity index (χ4n) is 1.73. The predicted molar refractivity (Wildman–Crippen MR) is 67.9 cm³/mol. The number of nitrogens with zero attached hydrogens (tertiary/aromatic N) is 3. The summed E-state index contributed by atoms with van der Waals surface area (Å²) in [6, 6.07) is 6.20. The summed E-state index contributed by atoms with van der Waals surface area (Å²) >= 11 is 0. The molecular weight excluding hydrogens is 261 g/mol. The summed E-state index contributed by atoms with van der Waals surface area (Å²) in [6.07, 6.45) is 3.16. The fourth-order valence-corrected chi connectivity index (χ4v) is 1.73. The van der Waals surface area contributed by atoms with Crippen molar-refractivity contribution in [1.29, 1.82) is 5.26 Å². The van der Waals surface area contributed by atoms with Gasteiger partial charge in [-0.15, -0.1) is 0 Å². The molecule has 0 aliphatic heterocycles. The Morgan fingerprint density at radius 3 is 3.00 bits per heavy atom. The summed E-state index contributed by atoms with van der Waals surface area (Å²) in [4.78, 5) is 14.8. The van der Waals surface area contributed by atoms with Gasteiger partial charge in [0.25, 0.3) is 0 Å². The van der Waals surface area contributed by atoms with Gasteiger partial charge in [-0.25, -0.2) is 9.37 Å². The first-order valence-corrected chi connectivity index (χ1v) is 5.91. The third kappa shape index (κ3) is 3.20. The van der Waals surface area contributed by atoms with Crippen molar-refractivity contribution in [1.82, 2.24) is 9.55 Å². The Balaban J connectivity index is 2.14. The number of ether oxygens (including phenoxy) is 1. The highest BCUT2D eigenvalue weighted by atomic mass is 19.1. The highest BCUT2D eigenvalue weighted by Crippen LogP contribution is 2.12. The lowest BCUT2D eigenvalue weighted by Gasteiger charge is -2.08. The van der Waals surface area contributed by atoms with E-state index >= 15 is 0 Å². The smallest absolute Gasteiger partial charge is 0.303 e. The van der Waals surface area contributed by atoms with E-state index in [0.29, 0.717) is 17.8 Å². The van der Waals surface area contributed by atoms with Crippen LogP contribution in [0.15, 0.2) is 30.7 Å². The summed E-state index contributed by atoms with van der Waals surface area (Å²) in [5.74, 6) is -0.922. The Kier molecular flexibility index (Phi) is 4.11. The van der Waals surface area contributed by atoms with Crippen LogP contribution in [0, 0.1) is 17.1 Å². The fraction of sp³-hybridized carbons (Fsp3) is 0.214. The van der Waals surface area contributed by atoms with E-state index in [1.165, 1.54) is 19.1 Å². The van der Waals surface area contributed by atoms with Crippen LogP contribution < -0.4 is 0 Å². The first-order valence-electron chi connectivity index (χ1n) is 5.91. The molecule has 0 amide bonds. The van der Waals surface area contributed by atoms with Crippen LogP contribution in [0.3, 0.4) is 0 Å². The van der Waals surface area contributed by atoms with Crippen molar-refractivity contribution in [2.45, 2.75) is 20.1 Å². The van der Waals surface area contributed by atoms with E-state index in [4.69, 9.17) is 10.00 Å². The van der Waals surface area contributed by atoms with Crippen LogP contribution in [0.4, 0.5) is 4.39 Å². The molecule has 5 nitrogen and oxygen atoms in total. The summed E-state index contributed by atoms with van der Waals surface area (Å²) in [7, 11) is 0. The maximum atomic E-state index is 13.5. The Morgan fingerprint density at radius 1 is 1.55 bits per heavy atom. The largest absolute Gasteiger partial charge is 0.459 e. The van der Waals surface area contributed by atoms with Gasteiger partial charge >= 0.3 is 5.97 Å². The zero-order valence-electron chi connectivity index (χ0n) is 10.8. The van der Waals surface area contributed by atoms with Crippen molar-refractivity contribution in [2.24, 2.45) is 0 Å². The number of carbonyl (C=O) groups is 1. The van der Waals surface area contributed by atoms with Gasteiger partial charge in [0.15, 0.2) is 0 Å². The Hall–Kier alpha value is -2.68. The molecule has 102 valence electrons. The van der Waals surface area contributed by atoms with Crippen LogP contribution in [-0.4, -0.2) is 15.5 Å². The number of carbonyl (C=O) groups excluding carboxylic acids is 1. The van der Waals surface area contributed by atoms with Gasteiger partial charge in [0.1, 0.15) is 18.5 Å². The van der Waals surface area contributed by atoms with E-state index in [9.17, 15) is 9.18 Å². The molecule has 1 aromatic heterocycles. The average molecular weight is 273 g/mol. The molecule has 0 spiro atoms. The minimum Gasteiger partial charge on any atom is -0.459 e. The molecule has 0 radical (unpaired) electrons. The molecule has 0 fully saturated rings. The number of hydrogen-bond acceptors (Lipinski definition) is 4. The SMILES string of the molecule is CC(=O)OCc1cncn1Cc1ccc(C#N)c(F)c1. The summed E-state index contributed by atoms with van der Waals surface area (Å²) in [5, 5.41) is 8.68. The van der Waals surface area contributed by atoms with Gasteiger partial charge in [0, 0.05) is 13.5 Å². The topological polar surface area (TPSA) is 67.9 Å². The maximum Gasteiger partial charge on any atom is 0.303 e. The minimum absolute atomic E-state index is 0.0134. The van der Waals surface area contributed by atoms with Crippen molar-refractivity contribution >= 4 is 5.97 Å². The van der Waals surface area contributed by atoms with Gasteiger partial charge in [-0.3, -0.25) is 4.79 Å². The van der Waals surface area contributed by atoms with Gasteiger partial charge in [0.05, 0.1) is 23.8 Å². The molecule has 0 atom stereocenters. The van der Waals surface area contributed by atoms with Crippen LogP contribution in [0.25, 0.3) is 0 Å². The lowest BCUT2D eigenvalue weighted by molar-refractivity contribution is -0.142. The zero-order valence-corrected chi connectivity index (χ0v) is 10.8. The number of benzene rings is 1. The molecular formula is C14H12FN3O2. The van der Waals surface area contributed by atoms with Crippen LogP contribution in [0.5, 0.6) is 0 Å². The summed E-state index contributed by atoms with van der Waals surface area (Å²) in [6.45, 7) is 1.84. The van der Waals surface area contributed by atoms with Crippen LogP contribution in [-0.2, 0) is 22.7 Å². The summed E-state index contributed by atoms with van der Waals surface area (Å²) in [5.41, 5.74) is 1.42. The molecule has 2 rings (SSSR count). The number of imidazole rings is 1. The second-order valence-corrected chi connectivity index (χ2v) is 4.22. The van der Waals surface area contributed by atoms with Gasteiger partial charge in [-0.2, -0.15) is 5.26 Å². The van der Waals surface area contributed by atoms with Gasteiger partial charge in [-0.05, 0) is 17.7 Å². The Bertz CT molecular complexity index is 673. The quantitative estimate of drug-likeness (QED) is 0.799. The molecule has 1 heterocycles. The highest BCUT2D eigenvalue weighted by Gasteiger charge is 2.07. The van der Waals surface area contributed by atoms with Gasteiger partial charge in [0.2, 0.25) is 0 Å². The lowest BCUT2D eigenvalue weighted by Crippen LogP contribution is -2.07. The molecule has 0 aliphatic carbocycles. The van der Waals surface area contributed by atoms with Crippen LogP contribution >= 0.6 is 0 Å². The van der Waals surface area contributed by atoms with E-state index in [1.807, 2.05) is 0 Å².